The van der Waals surface area contributed by atoms with E-state index in [1.165, 1.54) is 19.4 Å². The fourth-order valence-corrected chi connectivity index (χ4v) is 4.95. The molecule has 3 aromatic rings. The molecular formula is C25H30N6O2. The van der Waals surface area contributed by atoms with Crippen molar-refractivity contribution in [3.63, 3.8) is 0 Å². The van der Waals surface area contributed by atoms with Gasteiger partial charge in [0, 0.05) is 55.6 Å². The van der Waals surface area contributed by atoms with Gasteiger partial charge in [-0.25, -0.2) is 9.97 Å². The van der Waals surface area contributed by atoms with E-state index in [0.717, 1.165) is 53.1 Å². The van der Waals surface area contributed by atoms with Gasteiger partial charge < -0.3 is 15.4 Å². The van der Waals surface area contributed by atoms with Crippen molar-refractivity contribution in [3.8, 4) is 17.0 Å². The summed E-state index contributed by atoms with van der Waals surface area (Å²) in [7, 11) is 3.44. The molecule has 2 saturated heterocycles. The fraction of sp³-hybridized carbons (Fsp3) is 0.400. The van der Waals surface area contributed by atoms with Crippen LogP contribution in [0.25, 0.3) is 22.0 Å². The molecule has 8 nitrogen and oxygen atoms in total. The molecule has 0 spiro atoms. The number of methoxy groups -OCH3 is 1. The lowest BCUT2D eigenvalue weighted by molar-refractivity contribution is -0.117. The van der Waals surface area contributed by atoms with Gasteiger partial charge in [0.05, 0.1) is 19.3 Å². The van der Waals surface area contributed by atoms with E-state index in [0.29, 0.717) is 18.5 Å². The van der Waals surface area contributed by atoms with Crippen LogP contribution in [0.15, 0.2) is 42.6 Å². The highest BCUT2D eigenvalue weighted by Gasteiger charge is 2.31. The molecule has 0 bridgehead atoms. The molecule has 2 fully saturated rings. The summed E-state index contributed by atoms with van der Waals surface area (Å²) >= 11 is 0. The quantitative estimate of drug-likeness (QED) is 0.602. The average molecular weight is 447 g/mol. The maximum atomic E-state index is 13.1. The second-order valence-corrected chi connectivity index (χ2v) is 8.74. The molecule has 3 heterocycles. The lowest BCUT2D eigenvalue weighted by Crippen LogP contribution is -2.51. The van der Waals surface area contributed by atoms with Crippen molar-refractivity contribution in [3.05, 3.63) is 42.6 Å². The molecule has 2 aliphatic rings. The third-order valence-electron chi connectivity index (χ3n) is 6.65. The Morgan fingerprint density at radius 2 is 2.09 bits per heavy atom. The van der Waals surface area contributed by atoms with E-state index in [4.69, 9.17) is 4.74 Å². The van der Waals surface area contributed by atoms with Gasteiger partial charge in [0.1, 0.15) is 5.75 Å². The summed E-state index contributed by atoms with van der Waals surface area (Å²) in [4.78, 5) is 26.7. The minimum Gasteiger partial charge on any atom is -0.497 e. The smallest absolute Gasteiger partial charge is 0.238 e. The Bertz CT molecular complexity index is 1170. The number of piperazine rings is 1. The first-order chi connectivity index (χ1) is 16.1. The van der Waals surface area contributed by atoms with Crippen molar-refractivity contribution in [2.75, 3.05) is 57.5 Å². The molecule has 1 atom stereocenters. The molecule has 0 radical (unpaired) electrons. The second kappa shape index (κ2) is 9.33. The molecule has 2 aromatic carbocycles. The lowest BCUT2D eigenvalue weighted by Gasteiger charge is -2.37. The van der Waals surface area contributed by atoms with E-state index in [1.54, 1.807) is 20.4 Å². The maximum Gasteiger partial charge on any atom is 0.238 e. The van der Waals surface area contributed by atoms with Gasteiger partial charge >= 0.3 is 0 Å². The molecule has 0 saturated carbocycles. The third-order valence-corrected chi connectivity index (χ3v) is 6.65. The van der Waals surface area contributed by atoms with Crippen LogP contribution >= 0.6 is 0 Å². The zero-order valence-electron chi connectivity index (χ0n) is 19.2. The van der Waals surface area contributed by atoms with Crippen molar-refractivity contribution < 1.29 is 9.53 Å². The Hall–Kier alpha value is -3.23. The molecule has 8 heteroatoms. The Morgan fingerprint density at radius 1 is 1.18 bits per heavy atom. The highest BCUT2D eigenvalue weighted by molar-refractivity contribution is 6.05. The summed E-state index contributed by atoms with van der Waals surface area (Å²) in [6.07, 6.45) is 4.23. The number of carbonyl (C=O) groups excluding carboxylic acids is 1. The van der Waals surface area contributed by atoms with Crippen LogP contribution in [-0.4, -0.2) is 78.6 Å². The summed E-state index contributed by atoms with van der Waals surface area (Å²) in [5, 5.41) is 8.10. The predicted molar refractivity (Wildman–Crippen MR) is 131 cm³/mol. The number of nitrogens with one attached hydrogen (secondary N) is 2. The van der Waals surface area contributed by atoms with Crippen molar-refractivity contribution >= 4 is 28.3 Å². The van der Waals surface area contributed by atoms with Gasteiger partial charge in [-0.05, 0) is 55.1 Å². The van der Waals surface area contributed by atoms with Crippen molar-refractivity contribution in [1.82, 2.24) is 19.8 Å². The van der Waals surface area contributed by atoms with Crippen LogP contribution in [0.1, 0.15) is 12.8 Å². The number of fused-ring (bicyclic) bond motifs is 2. The molecule has 2 aliphatic heterocycles. The first kappa shape index (κ1) is 21.6. The highest BCUT2D eigenvalue weighted by atomic mass is 16.5. The van der Waals surface area contributed by atoms with Crippen LogP contribution in [0.3, 0.4) is 0 Å². The number of benzene rings is 2. The Labute approximate surface area is 194 Å². The summed E-state index contributed by atoms with van der Waals surface area (Å²) in [5.74, 6) is 1.31. The first-order valence-corrected chi connectivity index (χ1v) is 11.5. The molecule has 172 valence electrons. The van der Waals surface area contributed by atoms with Crippen LogP contribution in [-0.2, 0) is 4.79 Å². The predicted octanol–water partition coefficient (Wildman–Crippen LogP) is 3.07. The summed E-state index contributed by atoms with van der Waals surface area (Å²) in [6, 6.07) is 12.4. The third kappa shape index (κ3) is 4.62. The Morgan fingerprint density at radius 3 is 2.94 bits per heavy atom. The number of amides is 1. The van der Waals surface area contributed by atoms with Crippen LogP contribution in [0.4, 0.5) is 11.6 Å². The van der Waals surface area contributed by atoms with Gasteiger partial charge in [0.25, 0.3) is 0 Å². The van der Waals surface area contributed by atoms with Crippen LogP contribution in [0, 0.1) is 0 Å². The fourth-order valence-electron chi connectivity index (χ4n) is 4.95. The number of aromatic nitrogens is 2. The standard InChI is InChI=1S/C25H30N6O2/c1-26-25-27-8-7-22(29-25)18-12-17-5-6-20(33-2)14-21(17)23(13-18)28-24(32)16-30-10-11-31-9-3-4-19(31)15-30/h5-8,12-14,19H,3-4,9-11,15-16H2,1-2H3,(H,28,32)(H,26,27,29). The summed E-state index contributed by atoms with van der Waals surface area (Å²) in [6.45, 7) is 4.55. The minimum atomic E-state index is 0.00122. The molecule has 5 rings (SSSR count). The number of nitrogens with zero attached hydrogens (tertiary/aromatic N) is 4. The topological polar surface area (TPSA) is 82.6 Å². The van der Waals surface area contributed by atoms with Crippen LogP contribution in [0.5, 0.6) is 5.75 Å². The molecule has 0 aliphatic carbocycles. The maximum absolute atomic E-state index is 13.1. The van der Waals surface area contributed by atoms with Gasteiger partial charge in [-0.3, -0.25) is 14.6 Å². The van der Waals surface area contributed by atoms with Crippen molar-refractivity contribution in [2.24, 2.45) is 0 Å². The van der Waals surface area contributed by atoms with Gasteiger partial charge in [0.2, 0.25) is 11.9 Å². The van der Waals surface area contributed by atoms with E-state index in [1.807, 2.05) is 30.3 Å². The second-order valence-electron chi connectivity index (χ2n) is 8.74. The average Bonchev–Trinajstić information content (AvgIpc) is 3.31. The molecule has 1 aromatic heterocycles. The van der Waals surface area contributed by atoms with Gasteiger partial charge in [-0.2, -0.15) is 0 Å². The Kier molecular flexibility index (Phi) is 6.11. The molecular weight excluding hydrogens is 416 g/mol. The number of ether oxygens (including phenoxy) is 1. The molecule has 1 amide bonds. The monoisotopic (exact) mass is 446 g/mol. The van der Waals surface area contributed by atoms with E-state index in [2.05, 4.69) is 36.5 Å². The van der Waals surface area contributed by atoms with Crippen LogP contribution < -0.4 is 15.4 Å². The normalized spacial score (nSPS) is 18.8. The van der Waals surface area contributed by atoms with Gasteiger partial charge in [0.15, 0.2) is 0 Å². The van der Waals surface area contributed by atoms with E-state index >= 15 is 0 Å². The summed E-state index contributed by atoms with van der Waals surface area (Å²) < 4.78 is 5.43. The van der Waals surface area contributed by atoms with Gasteiger partial charge in [-0.1, -0.05) is 6.07 Å². The van der Waals surface area contributed by atoms with E-state index in [-0.39, 0.29) is 5.91 Å². The van der Waals surface area contributed by atoms with E-state index < -0.39 is 0 Å². The zero-order chi connectivity index (χ0) is 22.8. The largest absolute Gasteiger partial charge is 0.497 e. The van der Waals surface area contributed by atoms with E-state index in [9.17, 15) is 4.79 Å². The number of carbonyl (C=O) groups is 1. The Balaban J connectivity index is 1.42. The number of hydrogen-bond donors (Lipinski definition) is 2. The summed E-state index contributed by atoms with van der Waals surface area (Å²) in [5.41, 5.74) is 2.47. The molecule has 33 heavy (non-hydrogen) atoms. The number of anilines is 2. The van der Waals surface area contributed by atoms with Crippen LogP contribution in [0.2, 0.25) is 0 Å². The van der Waals surface area contributed by atoms with Crippen molar-refractivity contribution in [1.29, 1.82) is 0 Å². The van der Waals surface area contributed by atoms with Crippen molar-refractivity contribution in [2.45, 2.75) is 18.9 Å². The lowest BCUT2D eigenvalue weighted by atomic mass is 10.0. The zero-order valence-corrected chi connectivity index (χ0v) is 19.2. The first-order valence-electron chi connectivity index (χ1n) is 11.5. The minimum absolute atomic E-state index is 0.00122. The number of rotatable bonds is 6. The SMILES string of the molecule is CNc1nccc(-c2cc(NC(=O)CN3CCN4CCCC4C3)c3cc(OC)ccc3c2)n1. The number of hydrogen-bond acceptors (Lipinski definition) is 7. The molecule has 1 unspecified atom stereocenters. The highest BCUT2D eigenvalue weighted by Crippen LogP contribution is 2.33. The molecule has 2 N–H and O–H groups in total. The van der Waals surface area contributed by atoms with Gasteiger partial charge in [-0.15, -0.1) is 0 Å².